The number of amides is 1. The van der Waals surface area contributed by atoms with Crippen LogP contribution >= 0.6 is 11.3 Å². The van der Waals surface area contributed by atoms with Gasteiger partial charge in [-0.1, -0.05) is 0 Å². The molecule has 0 bridgehead atoms. The Kier molecular flexibility index (Phi) is 3.76. The molecule has 0 fully saturated rings. The first-order chi connectivity index (χ1) is 8.97. The van der Waals surface area contributed by atoms with Crippen LogP contribution in [0.25, 0.3) is 0 Å². The Labute approximate surface area is 116 Å². The maximum Gasteiger partial charge on any atom is 0.248 e. The molecule has 19 heavy (non-hydrogen) atoms. The number of thiophene rings is 1. The van der Waals surface area contributed by atoms with E-state index in [1.165, 1.54) is 15.3 Å². The van der Waals surface area contributed by atoms with Gasteiger partial charge in [0.15, 0.2) is 0 Å². The third-order valence-electron chi connectivity index (χ3n) is 3.01. The van der Waals surface area contributed by atoms with Crippen molar-refractivity contribution in [3.63, 3.8) is 0 Å². The van der Waals surface area contributed by atoms with Crippen molar-refractivity contribution in [2.75, 3.05) is 11.1 Å². The number of hydrogen-bond donors (Lipinski definition) is 3. The van der Waals surface area contributed by atoms with Gasteiger partial charge in [0.05, 0.1) is 11.4 Å². The predicted octanol–water partition coefficient (Wildman–Crippen LogP) is 2.66. The van der Waals surface area contributed by atoms with Crippen LogP contribution in [0.15, 0.2) is 24.3 Å². The van der Waals surface area contributed by atoms with E-state index in [-0.39, 0.29) is 0 Å². The Balaban J connectivity index is 2.14. The Morgan fingerprint density at radius 2 is 2.05 bits per heavy atom. The summed E-state index contributed by atoms with van der Waals surface area (Å²) < 4.78 is 0. The third kappa shape index (κ3) is 3.06. The Morgan fingerprint density at radius 1 is 1.32 bits per heavy atom. The molecule has 0 aliphatic heterocycles. The number of benzene rings is 1. The monoisotopic (exact) mass is 275 g/mol. The first kappa shape index (κ1) is 13.4. The highest BCUT2D eigenvalue weighted by Crippen LogP contribution is 2.24. The largest absolute Gasteiger partial charge is 0.397 e. The van der Waals surface area contributed by atoms with Gasteiger partial charge in [0.2, 0.25) is 5.91 Å². The highest BCUT2D eigenvalue weighted by molar-refractivity contribution is 7.12. The summed E-state index contributed by atoms with van der Waals surface area (Å²) in [6, 6.07) is 7.15. The summed E-state index contributed by atoms with van der Waals surface area (Å²) in [6.45, 7) is 4.88. The molecule has 2 aromatic rings. The molecule has 0 unspecified atom stereocenters. The number of primary amides is 1. The number of nitrogens with two attached hydrogens (primary N) is 2. The van der Waals surface area contributed by atoms with Crippen molar-refractivity contribution >= 4 is 28.6 Å². The van der Waals surface area contributed by atoms with Crippen molar-refractivity contribution in [3.8, 4) is 0 Å². The lowest BCUT2D eigenvalue weighted by Crippen LogP contribution is -2.12. The van der Waals surface area contributed by atoms with Crippen molar-refractivity contribution < 1.29 is 4.79 Å². The van der Waals surface area contributed by atoms with Gasteiger partial charge in [0.25, 0.3) is 0 Å². The Morgan fingerprint density at radius 3 is 2.63 bits per heavy atom. The fraction of sp³-hybridized carbons (Fsp3) is 0.214. The van der Waals surface area contributed by atoms with Gasteiger partial charge in [0, 0.05) is 21.9 Å². The van der Waals surface area contributed by atoms with Crippen molar-refractivity contribution in [3.05, 3.63) is 45.1 Å². The molecule has 100 valence electrons. The second-order valence-electron chi connectivity index (χ2n) is 4.47. The van der Waals surface area contributed by atoms with Crippen LogP contribution in [0.5, 0.6) is 0 Å². The van der Waals surface area contributed by atoms with E-state index < -0.39 is 5.91 Å². The van der Waals surface area contributed by atoms with Crippen LogP contribution in [0.1, 0.15) is 25.7 Å². The molecular formula is C14H17N3OS. The van der Waals surface area contributed by atoms with E-state index in [2.05, 4.69) is 25.2 Å². The van der Waals surface area contributed by atoms with Crippen LogP contribution in [-0.4, -0.2) is 5.91 Å². The minimum Gasteiger partial charge on any atom is -0.397 e. The summed E-state index contributed by atoms with van der Waals surface area (Å²) in [7, 11) is 0. The zero-order valence-electron chi connectivity index (χ0n) is 11.0. The van der Waals surface area contributed by atoms with Crippen LogP contribution in [0.4, 0.5) is 11.4 Å². The molecular weight excluding hydrogens is 258 g/mol. The van der Waals surface area contributed by atoms with Crippen LogP contribution < -0.4 is 16.8 Å². The fourth-order valence-corrected chi connectivity index (χ4v) is 2.78. The normalized spacial score (nSPS) is 10.4. The smallest absolute Gasteiger partial charge is 0.248 e. The highest BCUT2D eigenvalue weighted by atomic mass is 32.1. The topological polar surface area (TPSA) is 81.1 Å². The number of nitrogen functional groups attached to an aromatic ring is 1. The summed E-state index contributed by atoms with van der Waals surface area (Å²) >= 11 is 1.76. The lowest BCUT2D eigenvalue weighted by atomic mass is 10.1. The molecule has 2 rings (SSSR count). The molecule has 5 heteroatoms. The van der Waals surface area contributed by atoms with Crippen molar-refractivity contribution in [2.24, 2.45) is 5.73 Å². The fourth-order valence-electron chi connectivity index (χ4n) is 1.78. The number of anilines is 2. The van der Waals surface area contributed by atoms with Gasteiger partial charge in [-0.2, -0.15) is 0 Å². The minimum atomic E-state index is -0.453. The van der Waals surface area contributed by atoms with Gasteiger partial charge in [-0.05, 0) is 43.7 Å². The molecule has 0 atom stereocenters. The van der Waals surface area contributed by atoms with Gasteiger partial charge < -0.3 is 16.8 Å². The summed E-state index contributed by atoms with van der Waals surface area (Å²) in [6.07, 6.45) is 0. The predicted molar refractivity (Wildman–Crippen MR) is 80.5 cm³/mol. The minimum absolute atomic E-state index is 0.453. The molecule has 0 aliphatic carbocycles. The van der Waals surface area contributed by atoms with Crippen LogP contribution in [0.3, 0.4) is 0 Å². The van der Waals surface area contributed by atoms with E-state index >= 15 is 0 Å². The van der Waals surface area contributed by atoms with E-state index in [1.54, 1.807) is 29.5 Å². The molecule has 0 saturated heterocycles. The molecule has 1 aromatic heterocycles. The number of hydrogen-bond acceptors (Lipinski definition) is 4. The van der Waals surface area contributed by atoms with E-state index in [4.69, 9.17) is 11.5 Å². The van der Waals surface area contributed by atoms with Gasteiger partial charge in [0.1, 0.15) is 0 Å². The zero-order chi connectivity index (χ0) is 14.0. The molecule has 0 saturated carbocycles. The number of carbonyl (C=O) groups excluding carboxylic acids is 1. The number of nitrogens with one attached hydrogen (secondary N) is 1. The molecule has 4 nitrogen and oxygen atoms in total. The van der Waals surface area contributed by atoms with Gasteiger partial charge in [-0.3, -0.25) is 4.79 Å². The summed E-state index contributed by atoms with van der Waals surface area (Å²) in [4.78, 5) is 13.7. The third-order valence-corrected chi connectivity index (χ3v) is 4.16. The zero-order valence-corrected chi connectivity index (χ0v) is 11.8. The van der Waals surface area contributed by atoms with Crippen LogP contribution in [0, 0.1) is 13.8 Å². The second kappa shape index (κ2) is 5.32. The standard InChI is InChI=1S/C14H17N3OS/c1-8-5-11(19-9(8)2)7-17-13-6-10(14(16)18)3-4-12(13)15/h3-6,17H,7,15H2,1-2H3,(H2,16,18). The Hall–Kier alpha value is -2.01. The molecule has 0 aliphatic rings. The van der Waals surface area contributed by atoms with Crippen molar-refractivity contribution in [1.82, 2.24) is 0 Å². The van der Waals surface area contributed by atoms with E-state index in [1.807, 2.05) is 0 Å². The molecule has 5 N–H and O–H groups in total. The van der Waals surface area contributed by atoms with Crippen molar-refractivity contribution in [2.45, 2.75) is 20.4 Å². The van der Waals surface area contributed by atoms with E-state index in [0.717, 1.165) is 5.69 Å². The van der Waals surface area contributed by atoms with Gasteiger partial charge in [-0.25, -0.2) is 0 Å². The lowest BCUT2D eigenvalue weighted by molar-refractivity contribution is 0.100. The first-order valence-corrected chi connectivity index (χ1v) is 6.78. The molecule has 1 heterocycles. The SMILES string of the molecule is Cc1cc(CNc2cc(C(N)=O)ccc2N)sc1C. The molecule has 1 aromatic carbocycles. The second-order valence-corrected chi connectivity index (χ2v) is 5.81. The van der Waals surface area contributed by atoms with E-state index in [9.17, 15) is 4.79 Å². The first-order valence-electron chi connectivity index (χ1n) is 5.96. The van der Waals surface area contributed by atoms with E-state index in [0.29, 0.717) is 17.8 Å². The highest BCUT2D eigenvalue weighted by Gasteiger charge is 2.06. The van der Waals surface area contributed by atoms with Gasteiger partial charge >= 0.3 is 0 Å². The van der Waals surface area contributed by atoms with Crippen LogP contribution in [-0.2, 0) is 6.54 Å². The quantitative estimate of drug-likeness (QED) is 0.750. The molecule has 0 spiro atoms. The summed E-state index contributed by atoms with van der Waals surface area (Å²) in [5.41, 5.74) is 14.2. The number of aryl methyl sites for hydroxylation is 2. The summed E-state index contributed by atoms with van der Waals surface area (Å²) in [5, 5.41) is 3.24. The average Bonchev–Trinajstić information content (AvgIpc) is 2.67. The van der Waals surface area contributed by atoms with Crippen molar-refractivity contribution in [1.29, 1.82) is 0 Å². The lowest BCUT2D eigenvalue weighted by Gasteiger charge is -2.09. The maximum atomic E-state index is 11.1. The molecule has 0 radical (unpaired) electrons. The summed E-state index contributed by atoms with van der Waals surface area (Å²) in [5.74, 6) is -0.453. The number of rotatable bonds is 4. The molecule has 1 amide bonds. The Bertz CT molecular complexity index is 600. The maximum absolute atomic E-state index is 11.1. The van der Waals surface area contributed by atoms with Gasteiger partial charge in [-0.15, -0.1) is 11.3 Å². The van der Waals surface area contributed by atoms with Crippen LogP contribution in [0.2, 0.25) is 0 Å². The average molecular weight is 275 g/mol. The number of carbonyl (C=O) groups is 1.